The minimum atomic E-state index is 0.212. The third-order valence-electron chi connectivity index (χ3n) is 3.62. The van der Waals surface area contributed by atoms with Crippen LogP contribution in [0.4, 0.5) is 0 Å². The molecule has 3 atom stereocenters. The summed E-state index contributed by atoms with van der Waals surface area (Å²) in [6.07, 6.45) is 3.26. The average molecular weight is 316 g/mol. The summed E-state index contributed by atoms with van der Waals surface area (Å²) in [5, 5.41) is 7.97. The van der Waals surface area contributed by atoms with E-state index < -0.39 is 0 Å². The van der Waals surface area contributed by atoms with Crippen molar-refractivity contribution in [3.8, 4) is 0 Å². The van der Waals surface area contributed by atoms with Crippen LogP contribution in [0.2, 0.25) is 0 Å². The molecule has 1 aromatic rings. The van der Waals surface area contributed by atoms with Crippen molar-refractivity contribution in [2.75, 3.05) is 13.2 Å². The van der Waals surface area contributed by atoms with Crippen molar-refractivity contribution in [3.05, 3.63) is 16.4 Å². The van der Waals surface area contributed by atoms with E-state index in [-0.39, 0.29) is 12.1 Å². The van der Waals surface area contributed by atoms with Gasteiger partial charge in [0.25, 0.3) is 0 Å². The maximum absolute atomic E-state index is 5.93. The van der Waals surface area contributed by atoms with Crippen LogP contribution >= 0.6 is 15.9 Å². The average Bonchev–Trinajstić information content (AvgIpc) is 2.93. The van der Waals surface area contributed by atoms with Gasteiger partial charge in [0.2, 0.25) is 0 Å². The van der Waals surface area contributed by atoms with E-state index in [0.717, 1.165) is 30.6 Å². The molecule has 3 unspecified atom stereocenters. The third kappa shape index (κ3) is 2.63. The standard InChI is InChI=1S/C13H22BrN3O/c1-4-15-11(13-9(3)6-7-18-13)12-10(14)8-16-17(12)5-2/h8-9,11,13,15H,4-7H2,1-3H3. The maximum Gasteiger partial charge on any atom is 0.0811 e. The van der Waals surface area contributed by atoms with Gasteiger partial charge < -0.3 is 10.1 Å². The molecule has 0 spiro atoms. The Morgan fingerprint density at radius 2 is 2.39 bits per heavy atom. The van der Waals surface area contributed by atoms with E-state index in [1.807, 2.05) is 10.9 Å². The largest absolute Gasteiger partial charge is 0.376 e. The van der Waals surface area contributed by atoms with Crippen LogP contribution in [-0.2, 0) is 11.3 Å². The van der Waals surface area contributed by atoms with Crippen molar-refractivity contribution in [2.24, 2.45) is 5.92 Å². The molecule has 1 fully saturated rings. The monoisotopic (exact) mass is 315 g/mol. The Hall–Kier alpha value is -0.390. The highest BCUT2D eigenvalue weighted by atomic mass is 79.9. The van der Waals surface area contributed by atoms with Gasteiger partial charge in [-0.15, -0.1) is 0 Å². The minimum Gasteiger partial charge on any atom is -0.376 e. The van der Waals surface area contributed by atoms with Crippen molar-refractivity contribution < 1.29 is 4.74 Å². The summed E-state index contributed by atoms with van der Waals surface area (Å²) in [6, 6.07) is 0.212. The summed E-state index contributed by atoms with van der Waals surface area (Å²) < 4.78 is 9.05. The first-order chi connectivity index (χ1) is 8.69. The summed E-state index contributed by atoms with van der Waals surface area (Å²) in [4.78, 5) is 0. The molecule has 0 aromatic carbocycles. The van der Waals surface area contributed by atoms with Gasteiger partial charge in [0, 0.05) is 13.2 Å². The number of hydrogen-bond donors (Lipinski definition) is 1. The molecule has 2 rings (SSSR count). The number of aromatic nitrogens is 2. The molecule has 2 heterocycles. The molecule has 0 radical (unpaired) electrons. The van der Waals surface area contributed by atoms with Gasteiger partial charge in [-0.25, -0.2) is 0 Å². The first-order valence-corrected chi connectivity index (χ1v) is 7.54. The van der Waals surface area contributed by atoms with Crippen molar-refractivity contribution in [3.63, 3.8) is 0 Å². The number of aryl methyl sites for hydroxylation is 1. The molecule has 0 amide bonds. The van der Waals surface area contributed by atoms with Gasteiger partial charge in [-0.1, -0.05) is 13.8 Å². The molecule has 4 nitrogen and oxygen atoms in total. The van der Waals surface area contributed by atoms with E-state index in [4.69, 9.17) is 4.74 Å². The van der Waals surface area contributed by atoms with Crippen LogP contribution < -0.4 is 5.32 Å². The van der Waals surface area contributed by atoms with E-state index in [2.05, 4.69) is 47.1 Å². The van der Waals surface area contributed by atoms with Crippen molar-refractivity contribution in [1.82, 2.24) is 15.1 Å². The smallest absolute Gasteiger partial charge is 0.0811 e. The van der Waals surface area contributed by atoms with Gasteiger partial charge in [0.05, 0.1) is 28.5 Å². The van der Waals surface area contributed by atoms with Crippen LogP contribution in [0, 0.1) is 5.92 Å². The zero-order valence-electron chi connectivity index (χ0n) is 11.3. The molecule has 1 saturated heterocycles. The summed E-state index contributed by atoms with van der Waals surface area (Å²) in [6.45, 7) is 9.19. The van der Waals surface area contributed by atoms with Crippen LogP contribution in [0.5, 0.6) is 0 Å². The lowest BCUT2D eigenvalue weighted by molar-refractivity contribution is 0.0582. The van der Waals surface area contributed by atoms with E-state index in [1.54, 1.807) is 0 Å². The number of halogens is 1. The van der Waals surface area contributed by atoms with Crippen molar-refractivity contribution in [2.45, 2.75) is 45.9 Å². The highest BCUT2D eigenvalue weighted by Crippen LogP contribution is 2.34. The van der Waals surface area contributed by atoms with Crippen molar-refractivity contribution in [1.29, 1.82) is 0 Å². The third-order valence-corrected chi connectivity index (χ3v) is 4.24. The highest BCUT2D eigenvalue weighted by Gasteiger charge is 2.35. The predicted octanol–water partition coefficient (Wildman–Crippen LogP) is 2.74. The quantitative estimate of drug-likeness (QED) is 0.908. The maximum atomic E-state index is 5.93. The Balaban J connectivity index is 2.31. The molecule has 1 aliphatic rings. The van der Waals surface area contributed by atoms with Crippen molar-refractivity contribution >= 4 is 15.9 Å². The lowest BCUT2D eigenvalue weighted by Gasteiger charge is -2.27. The summed E-state index contributed by atoms with van der Waals surface area (Å²) in [5.41, 5.74) is 1.21. The molecule has 0 bridgehead atoms. The van der Waals surface area contributed by atoms with E-state index in [1.165, 1.54) is 5.69 Å². The normalized spacial score (nSPS) is 25.6. The van der Waals surface area contributed by atoms with Crippen LogP contribution in [0.1, 0.15) is 38.9 Å². The first-order valence-electron chi connectivity index (χ1n) is 6.75. The molecular weight excluding hydrogens is 294 g/mol. The predicted molar refractivity (Wildman–Crippen MR) is 75.5 cm³/mol. The summed E-state index contributed by atoms with van der Waals surface area (Å²) in [5.74, 6) is 0.584. The molecule has 102 valence electrons. The molecule has 1 N–H and O–H groups in total. The van der Waals surface area contributed by atoms with Crippen LogP contribution in [-0.4, -0.2) is 29.0 Å². The Bertz CT molecular complexity index is 394. The Morgan fingerprint density at radius 3 is 2.94 bits per heavy atom. The fourth-order valence-electron chi connectivity index (χ4n) is 2.66. The van der Waals surface area contributed by atoms with Gasteiger partial charge >= 0.3 is 0 Å². The van der Waals surface area contributed by atoms with E-state index in [9.17, 15) is 0 Å². The number of likely N-dealkylation sites (N-methyl/N-ethyl adjacent to an activating group) is 1. The number of ether oxygens (including phenoxy) is 1. The van der Waals surface area contributed by atoms with E-state index >= 15 is 0 Å². The molecule has 0 saturated carbocycles. The Labute approximate surface area is 117 Å². The number of nitrogens with one attached hydrogen (secondary N) is 1. The summed E-state index contributed by atoms with van der Waals surface area (Å²) in [7, 11) is 0. The zero-order chi connectivity index (χ0) is 13.1. The molecule has 1 aromatic heterocycles. The second kappa shape index (κ2) is 6.17. The molecule has 0 aliphatic carbocycles. The molecule has 18 heavy (non-hydrogen) atoms. The second-order valence-corrected chi connectivity index (χ2v) is 5.68. The Morgan fingerprint density at radius 1 is 1.61 bits per heavy atom. The SMILES string of the molecule is CCNC(c1c(Br)cnn1CC)C1OCCC1C. The second-order valence-electron chi connectivity index (χ2n) is 4.83. The number of rotatable bonds is 5. The van der Waals surface area contributed by atoms with Gasteiger partial charge in [0.1, 0.15) is 0 Å². The Kier molecular flexibility index (Phi) is 4.81. The lowest BCUT2D eigenvalue weighted by Crippen LogP contribution is -2.36. The lowest BCUT2D eigenvalue weighted by atomic mass is 9.95. The fraction of sp³-hybridized carbons (Fsp3) is 0.769. The van der Waals surface area contributed by atoms with Gasteiger partial charge in [-0.2, -0.15) is 5.10 Å². The van der Waals surface area contributed by atoms with Crippen LogP contribution in [0.25, 0.3) is 0 Å². The molecule has 1 aliphatic heterocycles. The highest BCUT2D eigenvalue weighted by molar-refractivity contribution is 9.10. The van der Waals surface area contributed by atoms with Crippen LogP contribution in [0.3, 0.4) is 0 Å². The zero-order valence-corrected chi connectivity index (χ0v) is 12.9. The number of hydrogen-bond acceptors (Lipinski definition) is 3. The van der Waals surface area contributed by atoms with Crippen LogP contribution in [0.15, 0.2) is 10.7 Å². The topological polar surface area (TPSA) is 39.1 Å². The number of nitrogens with zero attached hydrogens (tertiary/aromatic N) is 2. The minimum absolute atomic E-state index is 0.212. The van der Waals surface area contributed by atoms with Gasteiger partial charge in [-0.05, 0) is 41.7 Å². The molecular formula is C13H22BrN3O. The van der Waals surface area contributed by atoms with Gasteiger partial charge in [-0.3, -0.25) is 4.68 Å². The summed E-state index contributed by atoms with van der Waals surface area (Å²) >= 11 is 3.62. The van der Waals surface area contributed by atoms with E-state index in [0.29, 0.717) is 5.92 Å². The first kappa shape index (κ1) is 14.0. The van der Waals surface area contributed by atoms with Gasteiger partial charge in [0.15, 0.2) is 0 Å². The fourth-order valence-corrected chi connectivity index (χ4v) is 3.21. The molecule has 5 heteroatoms.